The summed E-state index contributed by atoms with van der Waals surface area (Å²) in [7, 11) is 0. The van der Waals surface area contributed by atoms with Gasteiger partial charge in [-0.15, -0.1) is 11.3 Å². The highest BCUT2D eigenvalue weighted by atomic mass is 32.1. The average Bonchev–Trinajstić information content (AvgIpc) is 3.03. The second kappa shape index (κ2) is 6.81. The maximum absolute atomic E-state index is 12.2. The first-order valence-corrected chi connectivity index (χ1v) is 9.07. The fourth-order valence-electron chi connectivity index (χ4n) is 2.58. The summed E-state index contributed by atoms with van der Waals surface area (Å²) in [6.45, 7) is 8.27. The van der Waals surface area contributed by atoms with E-state index in [0.717, 1.165) is 10.9 Å². The van der Waals surface area contributed by atoms with E-state index in [9.17, 15) is 4.79 Å². The summed E-state index contributed by atoms with van der Waals surface area (Å²) in [5.74, 6) is -0.445. The Morgan fingerprint density at radius 3 is 2.40 bits per heavy atom. The van der Waals surface area contributed by atoms with Crippen molar-refractivity contribution in [2.24, 2.45) is 5.16 Å². The van der Waals surface area contributed by atoms with Crippen molar-refractivity contribution in [2.75, 3.05) is 0 Å². The van der Waals surface area contributed by atoms with E-state index in [2.05, 4.69) is 32.0 Å². The molecule has 0 aliphatic rings. The first kappa shape index (κ1) is 17.4. The lowest BCUT2D eigenvalue weighted by Gasteiger charge is -2.18. The van der Waals surface area contributed by atoms with E-state index >= 15 is 0 Å². The van der Waals surface area contributed by atoms with Gasteiger partial charge in [-0.25, -0.2) is 4.79 Å². The van der Waals surface area contributed by atoms with Gasteiger partial charge in [0.15, 0.2) is 0 Å². The number of carbonyl (C=O) groups excluding carboxylic acids is 1. The number of carbonyl (C=O) groups is 1. The number of rotatable bonds is 3. The Morgan fingerprint density at radius 1 is 1.04 bits per heavy atom. The minimum atomic E-state index is -0.445. The number of fused-ring (bicyclic) bond motifs is 1. The minimum absolute atomic E-state index is 0.0528. The average molecular weight is 351 g/mol. The summed E-state index contributed by atoms with van der Waals surface area (Å²) in [6.07, 6.45) is 0. The van der Waals surface area contributed by atoms with Crippen LogP contribution in [0.25, 0.3) is 10.1 Å². The van der Waals surface area contributed by atoms with Gasteiger partial charge in [-0.2, -0.15) is 0 Å². The Labute approximate surface area is 151 Å². The van der Waals surface area contributed by atoms with Crippen LogP contribution in [-0.2, 0) is 10.3 Å². The van der Waals surface area contributed by atoms with Gasteiger partial charge in [-0.1, -0.05) is 56.3 Å². The summed E-state index contributed by atoms with van der Waals surface area (Å²) >= 11 is 1.66. The van der Waals surface area contributed by atoms with Crippen molar-refractivity contribution in [1.82, 2.24) is 0 Å². The van der Waals surface area contributed by atoms with Gasteiger partial charge < -0.3 is 4.84 Å². The smallest absolute Gasteiger partial charge is 0.313 e. The largest absolute Gasteiger partial charge is 0.365 e. The molecule has 0 spiro atoms. The lowest BCUT2D eigenvalue weighted by molar-refractivity contribution is 0.0516. The second-order valence-corrected chi connectivity index (χ2v) is 7.94. The number of hydrogen-bond donors (Lipinski definition) is 0. The molecule has 0 saturated heterocycles. The highest BCUT2D eigenvalue weighted by Crippen LogP contribution is 2.26. The van der Waals surface area contributed by atoms with Gasteiger partial charge in [-0.3, -0.25) is 0 Å². The van der Waals surface area contributed by atoms with Crippen molar-refractivity contribution < 1.29 is 9.63 Å². The van der Waals surface area contributed by atoms with Crippen LogP contribution in [0.2, 0.25) is 0 Å². The standard InChI is InChI=1S/C21H21NO2S/c1-14(18-13-25-19-8-6-5-7-17(18)19)22-24-20(23)15-9-11-16(12-10-15)21(2,3)4/h5-13H,1-4H3/b22-14-. The minimum Gasteiger partial charge on any atom is -0.313 e. The van der Waals surface area contributed by atoms with E-state index in [4.69, 9.17) is 4.84 Å². The Kier molecular flexibility index (Phi) is 4.73. The Morgan fingerprint density at radius 2 is 1.72 bits per heavy atom. The van der Waals surface area contributed by atoms with Gasteiger partial charge in [0, 0.05) is 21.0 Å². The number of hydrogen-bond acceptors (Lipinski definition) is 4. The van der Waals surface area contributed by atoms with E-state index in [0.29, 0.717) is 11.3 Å². The van der Waals surface area contributed by atoms with E-state index in [1.54, 1.807) is 23.5 Å². The van der Waals surface area contributed by atoms with E-state index in [1.807, 2.05) is 42.6 Å². The SMILES string of the molecule is C/C(=N/OC(=O)c1ccc(C(C)(C)C)cc1)c1csc2ccccc12. The summed E-state index contributed by atoms with van der Waals surface area (Å²) < 4.78 is 1.19. The van der Waals surface area contributed by atoms with Crippen LogP contribution in [-0.4, -0.2) is 11.7 Å². The van der Waals surface area contributed by atoms with Gasteiger partial charge in [0.2, 0.25) is 0 Å². The molecule has 3 rings (SSSR count). The van der Waals surface area contributed by atoms with Gasteiger partial charge in [0.05, 0.1) is 11.3 Å². The molecular formula is C21H21NO2S. The lowest BCUT2D eigenvalue weighted by atomic mass is 9.87. The predicted molar refractivity (Wildman–Crippen MR) is 105 cm³/mol. The van der Waals surface area contributed by atoms with E-state index in [-0.39, 0.29) is 5.41 Å². The molecule has 0 atom stereocenters. The van der Waals surface area contributed by atoms with Gasteiger partial charge in [0.1, 0.15) is 0 Å². The summed E-state index contributed by atoms with van der Waals surface area (Å²) in [5, 5.41) is 7.20. The summed E-state index contributed by atoms with van der Waals surface area (Å²) in [4.78, 5) is 17.4. The van der Waals surface area contributed by atoms with Crippen LogP contribution in [0, 0.1) is 0 Å². The molecule has 1 heterocycles. The van der Waals surface area contributed by atoms with Gasteiger partial charge >= 0.3 is 5.97 Å². The molecule has 0 unspecified atom stereocenters. The Balaban J connectivity index is 1.75. The summed E-state index contributed by atoms with van der Waals surface area (Å²) in [6, 6.07) is 15.6. The van der Waals surface area contributed by atoms with E-state index in [1.165, 1.54) is 10.3 Å². The zero-order valence-corrected chi connectivity index (χ0v) is 15.7. The predicted octanol–water partition coefficient (Wildman–Crippen LogP) is 5.78. The molecule has 0 fully saturated rings. The van der Waals surface area contributed by atoms with Crippen LogP contribution >= 0.6 is 11.3 Å². The highest BCUT2D eigenvalue weighted by Gasteiger charge is 2.15. The molecule has 0 amide bonds. The molecule has 3 aromatic rings. The Bertz CT molecular complexity index is 930. The molecule has 25 heavy (non-hydrogen) atoms. The fraction of sp³-hybridized carbons (Fsp3) is 0.238. The molecular weight excluding hydrogens is 330 g/mol. The molecule has 128 valence electrons. The third-order valence-electron chi connectivity index (χ3n) is 4.12. The molecule has 0 aliphatic carbocycles. The molecule has 0 bridgehead atoms. The Hall–Kier alpha value is -2.46. The third kappa shape index (κ3) is 3.80. The van der Waals surface area contributed by atoms with Gasteiger partial charge in [0.25, 0.3) is 0 Å². The van der Waals surface area contributed by atoms with Crippen LogP contribution in [0.15, 0.2) is 59.1 Å². The number of thiophene rings is 1. The van der Waals surface area contributed by atoms with Crippen molar-refractivity contribution in [3.05, 3.63) is 70.6 Å². The van der Waals surface area contributed by atoms with Crippen molar-refractivity contribution in [3.63, 3.8) is 0 Å². The van der Waals surface area contributed by atoms with Crippen molar-refractivity contribution in [2.45, 2.75) is 33.1 Å². The molecule has 0 N–H and O–H groups in total. The zero-order chi connectivity index (χ0) is 18.0. The molecule has 0 radical (unpaired) electrons. The molecule has 0 saturated carbocycles. The van der Waals surface area contributed by atoms with Crippen LogP contribution in [0.4, 0.5) is 0 Å². The normalized spacial score (nSPS) is 12.4. The molecule has 3 nitrogen and oxygen atoms in total. The topological polar surface area (TPSA) is 38.7 Å². The third-order valence-corrected chi connectivity index (χ3v) is 5.09. The van der Waals surface area contributed by atoms with Crippen LogP contribution in [0.3, 0.4) is 0 Å². The maximum atomic E-state index is 12.2. The highest BCUT2D eigenvalue weighted by molar-refractivity contribution is 7.17. The van der Waals surface area contributed by atoms with Crippen molar-refractivity contribution >= 4 is 33.1 Å². The van der Waals surface area contributed by atoms with E-state index < -0.39 is 5.97 Å². The number of nitrogens with zero attached hydrogens (tertiary/aromatic N) is 1. The van der Waals surface area contributed by atoms with Crippen LogP contribution in [0.1, 0.15) is 49.2 Å². The van der Waals surface area contributed by atoms with Gasteiger partial charge in [-0.05, 0) is 36.1 Å². The molecule has 0 aliphatic heterocycles. The van der Waals surface area contributed by atoms with Crippen LogP contribution < -0.4 is 0 Å². The molecule has 4 heteroatoms. The molecule has 1 aromatic heterocycles. The van der Waals surface area contributed by atoms with Crippen molar-refractivity contribution in [3.8, 4) is 0 Å². The number of benzene rings is 2. The first-order chi connectivity index (χ1) is 11.9. The molecule has 2 aromatic carbocycles. The zero-order valence-electron chi connectivity index (χ0n) is 14.9. The van der Waals surface area contributed by atoms with Crippen LogP contribution in [0.5, 0.6) is 0 Å². The summed E-state index contributed by atoms with van der Waals surface area (Å²) in [5.41, 5.74) is 3.42. The fourth-order valence-corrected chi connectivity index (χ4v) is 3.58. The second-order valence-electron chi connectivity index (χ2n) is 7.03. The monoisotopic (exact) mass is 351 g/mol. The quantitative estimate of drug-likeness (QED) is 0.341. The maximum Gasteiger partial charge on any atom is 0.365 e. The first-order valence-electron chi connectivity index (χ1n) is 8.19. The number of oxime groups is 1. The lowest BCUT2D eigenvalue weighted by Crippen LogP contribution is -2.11. The van der Waals surface area contributed by atoms with Crippen molar-refractivity contribution in [1.29, 1.82) is 0 Å².